The fraction of sp³-hybridized carbons (Fsp3) is 0.238. The van der Waals surface area contributed by atoms with Gasteiger partial charge in [-0.3, -0.25) is 4.79 Å². The topological polar surface area (TPSA) is 91.2 Å². The first kappa shape index (κ1) is 21.1. The van der Waals surface area contributed by atoms with Crippen LogP contribution in [-0.2, 0) is 0 Å². The van der Waals surface area contributed by atoms with Gasteiger partial charge in [-0.15, -0.1) is 0 Å². The number of anilines is 2. The van der Waals surface area contributed by atoms with Crippen molar-refractivity contribution >= 4 is 29.2 Å². The molecule has 160 valence electrons. The van der Waals surface area contributed by atoms with Gasteiger partial charge in [-0.05, 0) is 36.8 Å². The third-order valence-corrected chi connectivity index (χ3v) is 5.52. The standard InChI is InChI=1S/C21H19F2N5O2S/c22-21(23)31-17-3-1-15(2-4-17)27-20(30)13-7-18(14-8-24-12-25-9-14)19(26-10-13)28-6-5-16(29)11-28/h1-4,7-10,12,16,21,29H,5-6,11H2,(H,27,30)/t16-/m1/s1. The van der Waals surface area contributed by atoms with Crippen molar-refractivity contribution in [2.45, 2.75) is 23.2 Å². The Morgan fingerprint density at radius 3 is 2.58 bits per heavy atom. The summed E-state index contributed by atoms with van der Waals surface area (Å²) in [4.78, 5) is 27.8. The van der Waals surface area contributed by atoms with Crippen LogP contribution in [0.15, 0.2) is 60.1 Å². The lowest BCUT2D eigenvalue weighted by atomic mass is 10.1. The minimum Gasteiger partial charge on any atom is -0.391 e. The zero-order chi connectivity index (χ0) is 21.8. The number of carbonyl (C=O) groups excluding carboxylic acids is 1. The molecule has 1 aliphatic rings. The molecule has 0 bridgehead atoms. The number of aliphatic hydroxyl groups excluding tert-OH is 1. The van der Waals surface area contributed by atoms with Gasteiger partial charge in [0.1, 0.15) is 12.1 Å². The molecular formula is C21H19F2N5O2S. The molecule has 2 aromatic heterocycles. The van der Waals surface area contributed by atoms with Crippen molar-refractivity contribution in [3.8, 4) is 11.1 Å². The number of thioether (sulfide) groups is 1. The van der Waals surface area contributed by atoms with Crippen LogP contribution in [0.4, 0.5) is 20.3 Å². The van der Waals surface area contributed by atoms with Crippen molar-refractivity contribution in [3.05, 3.63) is 60.8 Å². The van der Waals surface area contributed by atoms with Crippen molar-refractivity contribution in [1.82, 2.24) is 15.0 Å². The monoisotopic (exact) mass is 443 g/mol. The summed E-state index contributed by atoms with van der Waals surface area (Å²) in [6.45, 7) is 1.12. The SMILES string of the molecule is O=C(Nc1ccc(SC(F)F)cc1)c1cnc(N2CC[C@@H](O)C2)c(-c2cncnc2)c1. The van der Waals surface area contributed by atoms with Crippen LogP contribution in [-0.4, -0.2) is 50.9 Å². The normalized spacial score (nSPS) is 16.0. The van der Waals surface area contributed by atoms with E-state index >= 15 is 0 Å². The largest absolute Gasteiger partial charge is 0.391 e. The minimum atomic E-state index is -2.50. The van der Waals surface area contributed by atoms with E-state index in [0.717, 1.165) is 0 Å². The van der Waals surface area contributed by atoms with Gasteiger partial charge < -0.3 is 15.3 Å². The summed E-state index contributed by atoms with van der Waals surface area (Å²) in [6.07, 6.45) is 6.40. The van der Waals surface area contributed by atoms with Crippen molar-refractivity contribution in [3.63, 3.8) is 0 Å². The van der Waals surface area contributed by atoms with Gasteiger partial charge in [0, 0.05) is 53.4 Å². The van der Waals surface area contributed by atoms with E-state index in [-0.39, 0.29) is 5.91 Å². The third-order valence-electron chi connectivity index (χ3n) is 4.80. The van der Waals surface area contributed by atoms with Crippen LogP contribution in [0.25, 0.3) is 11.1 Å². The molecule has 1 saturated heterocycles. The molecule has 1 aromatic carbocycles. The Hall–Kier alpha value is -3.11. The number of hydrogen-bond donors (Lipinski definition) is 2. The van der Waals surface area contributed by atoms with Crippen molar-refractivity contribution in [2.24, 2.45) is 0 Å². The highest BCUT2D eigenvalue weighted by atomic mass is 32.2. The number of aliphatic hydroxyl groups is 1. The van der Waals surface area contributed by atoms with Crippen molar-refractivity contribution < 1.29 is 18.7 Å². The predicted octanol–water partition coefficient (Wildman–Crippen LogP) is 3.68. The Balaban J connectivity index is 1.59. The number of nitrogens with zero attached hydrogens (tertiary/aromatic N) is 4. The Bertz CT molecular complexity index is 1050. The number of alkyl halides is 2. The summed E-state index contributed by atoms with van der Waals surface area (Å²) in [7, 11) is 0. The fourth-order valence-electron chi connectivity index (χ4n) is 3.34. The van der Waals surface area contributed by atoms with E-state index in [1.54, 1.807) is 30.6 Å². The van der Waals surface area contributed by atoms with E-state index in [1.165, 1.54) is 24.7 Å². The maximum Gasteiger partial charge on any atom is 0.288 e. The van der Waals surface area contributed by atoms with Gasteiger partial charge in [0.25, 0.3) is 11.7 Å². The predicted molar refractivity (Wildman–Crippen MR) is 114 cm³/mol. The molecule has 1 atom stereocenters. The van der Waals surface area contributed by atoms with E-state index in [1.807, 2.05) is 4.90 Å². The zero-order valence-corrected chi connectivity index (χ0v) is 17.1. The van der Waals surface area contributed by atoms with Crippen LogP contribution < -0.4 is 10.2 Å². The first-order chi connectivity index (χ1) is 15.0. The maximum absolute atomic E-state index is 12.8. The fourth-order valence-corrected chi connectivity index (χ4v) is 3.84. The summed E-state index contributed by atoms with van der Waals surface area (Å²) in [5.74, 6) is -2.23. The Morgan fingerprint density at radius 1 is 1.19 bits per heavy atom. The second kappa shape index (κ2) is 9.36. The number of carbonyl (C=O) groups is 1. The number of amides is 1. The lowest BCUT2D eigenvalue weighted by Gasteiger charge is -2.20. The summed E-state index contributed by atoms with van der Waals surface area (Å²) >= 11 is 0.445. The minimum absolute atomic E-state index is 0.327. The smallest absolute Gasteiger partial charge is 0.288 e. The molecule has 1 fully saturated rings. The maximum atomic E-state index is 12.8. The van der Waals surface area contributed by atoms with E-state index in [4.69, 9.17) is 0 Å². The second-order valence-corrected chi connectivity index (χ2v) is 8.03. The van der Waals surface area contributed by atoms with Gasteiger partial charge in [0.05, 0.1) is 11.7 Å². The van der Waals surface area contributed by atoms with E-state index < -0.39 is 11.9 Å². The molecule has 7 nitrogen and oxygen atoms in total. The lowest BCUT2D eigenvalue weighted by molar-refractivity contribution is 0.102. The van der Waals surface area contributed by atoms with Crippen LogP contribution in [0.1, 0.15) is 16.8 Å². The molecule has 2 N–H and O–H groups in total. The first-order valence-electron chi connectivity index (χ1n) is 9.54. The molecule has 0 radical (unpaired) electrons. The van der Waals surface area contributed by atoms with Gasteiger partial charge in [-0.2, -0.15) is 8.78 Å². The molecule has 1 amide bonds. The van der Waals surface area contributed by atoms with Crippen molar-refractivity contribution in [2.75, 3.05) is 23.3 Å². The quantitative estimate of drug-likeness (QED) is 0.562. The first-order valence-corrected chi connectivity index (χ1v) is 10.4. The lowest BCUT2D eigenvalue weighted by Crippen LogP contribution is -2.23. The van der Waals surface area contributed by atoms with E-state index in [0.29, 0.717) is 64.4 Å². The zero-order valence-electron chi connectivity index (χ0n) is 16.3. The summed E-state index contributed by atoms with van der Waals surface area (Å²) in [5, 5.41) is 12.6. The van der Waals surface area contributed by atoms with Gasteiger partial charge in [-0.1, -0.05) is 11.8 Å². The highest BCUT2D eigenvalue weighted by Gasteiger charge is 2.25. The molecule has 4 rings (SSSR count). The number of rotatable bonds is 6. The molecule has 31 heavy (non-hydrogen) atoms. The number of β-amino-alcohol motifs (C(OH)–C–C–N with tert-alkyl or cyclic N) is 1. The highest BCUT2D eigenvalue weighted by molar-refractivity contribution is 7.99. The van der Waals surface area contributed by atoms with Crippen LogP contribution in [0.5, 0.6) is 0 Å². The molecule has 0 unspecified atom stereocenters. The number of nitrogens with one attached hydrogen (secondary N) is 1. The van der Waals surface area contributed by atoms with Crippen LogP contribution in [0, 0.1) is 0 Å². The summed E-state index contributed by atoms with van der Waals surface area (Å²) in [6, 6.07) is 7.91. The van der Waals surface area contributed by atoms with E-state index in [9.17, 15) is 18.7 Å². The van der Waals surface area contributed by atoms with E-state index in [2.05, 4.69) is 20.3 Å². The van der Waals surface area contributed by atoms with Crippen LogP contribution in [0.2, 0.25) is 0 Å². The number of halogens is 2. The molecule has 0 aliphatic carbocycles. The molecule has 3 aromatic rings. The van der Waals surface area contributed by atoms with Crippen LogP contribution in [0.3, 0.4) is 0 Å². The number of aromatic nitrogens is 3. The summed E-state index contributed by atoms with van der Waals surface area (Å²) < 4.78 is 24.9. The van der Waals surface area contributed by atoms with Gasteiger partial charge in [-0.25, -0.2) is 15.0 Å². The summed E-state index contributed by atoms with van der Waals surface area (Å²) in [5.41, 5.74) is 2.20. The van der Waals surface area contributed by atoms with Crippen molar-refractivity contribution in [1.29, 1.82) is 0 Å². The molecule has 3 heterocycles. The highest BCUT2D eigenvalue weighted by Crippen LogP contribution is 2.32. The molecule has 1 aliphatic heterocycles. The second-order valence-electron chi connectivity index (χ2n) is 6.97. The number of benzene rings is 1. The average molecular weight is 443 g/mol. The van der Waals surface area contributed by atoms with Gasteiger partial charge >= 0.3 is 0 Å². The Labute approximate surface area is 181 Å². The average Bonchev–Trinajstić information content (AvgIpc) is 3.21. The Kier molecular flexibility index (Phi) is 6.38. The van der Waals surface area contributed by atoms with Gasteiger partial charge in [0.15, 0.2) is 0 Å². The molecule has 10 heteroatoms. The number of pyridine rings is 1. The van der Waals surface area contributed by atoms with Crippen LogP contribution >= 0.6 is 11.8 Å². The molecule has 0 spiro atoms. The molecular weight excluding hydrogens is 424 g/mol. The third kappa shape index (κ3) is 5.15. The van der Waals surface area contributed by atoms with Gasteiger partial charge in [0.2, 0.25) is 0 Å². The molecule has 0 saturated carbocycles. The number of hydrogen-bond acceptors (Lipinski definition) is 7. The Morgan fingerprint density at radius 2 is 1.94 bits per heavy atom.